The standard InChI is InChI=1S/C10H18ClNO3S/c1-8(11)7-12(2)10(13)9-5-3-4-6-16(9,14)15/h8-9H,3-7H2,1-2H3. The fourth-order valence-electron chi connectivity index (χ4n) is 1.95. The van der Waals surface area contributed by atoms with E-state index >= 15 is 0 Å². The minimum Gasteiger partial charge on any atom is -0.343 e. The number of sulfone groups is 1. The molecule has 2 unspecified atom stereocenters. The molecule has 2 atom stereocenters. The van der Waals surface area contributed by atoms with Crippen molar-refractivity contribution in [1.29, 1.82) is 0 Å². The smallest absolute Gasteiger partial charge is 0.240 e. The summed E-state index contributed by atoms with van der Waals surface area (Å²) in [7, 11) is -1.64. The SMILES string of the molecule is CC(Cl)CN(C)C(=O)C1CCCCS1(=O)=O. The van der Waals surface area contributed by atoms with Gasteiger partial charge in [-0.2, -0.15) is 0 Å². The lowest BCUT2D eigenvalue weighted by atomic mass is 10.1. The van der Waals surface area contributed by atoms with Crippen LogP contribution in [0.25, 0.3) is 0 Å². The maximum absolute atomic E-state index is 11.9. The van der Waals surface area contributed by atoms with E-state index in [0.29, 0.717) is 19.4 Å². The zero-order valence-electron chi connectivity index (χ0n) is 9.65. The number of hydrogen-bond acceptors (Lipinski definition) is 3. The lowest BCUT2D eigenvalue weighted by Crippen LogP contribution is -2.45. The molecule has 6 heteroatoms. The van der Waals surface area contributed by atoms with Crippen LogP contribution >= 0.6 is 11.6 Å². The van der Waals surface area contributed by atoms with Crippen molar-refractivity contribution in [2.75, 3.05) is 19.3 Å². The fraction of sp³-hybridized carbons (Fsp3) is 0.900. The second-order valence-corrected chi connectivity index (χ2v) is 7.40. The Morgan fingerprint density at radius 3 is 2.62 bits per heavy atom. The van der Waals surface area contributed by atoms with E-state index in [2.05, 4.69) is 0 Å². The summed E-state index contributed by atoms with van der Waals surface area (Å²) in [6, 6.07) is 0. The van der Waals surface area contributed by atoms with Crippen molar-refractivity contribution in [2.45, 2.75) is 36.8 Å². The number of halogens is 1. The van der Waals surface area contributed by atoms with Crippen LogP contribution in [-0.2, 0) is 14.6 Å². The predicted octanol–water partition coefficient (Wildman–Crippen LogP) is 1.04. The molecule has 0 aromatic carbocycles. The van der Waals surface area contributed by atoms with Crippen molar-refractivity contribution in [3.05, 3.63) is 0 Å². The topological polar surface area (TPSA) is 54.5 Å². The molecule has 4 nitrogen and oxygen atoms in total. The van der Waals surface area contributed by atoms with E-state index < -0.39 is 15.1 Å². The van der Waals surface area contributed by atoms with Gasteiger partial charge in [-0.25, -0.2) is 8.42 Å². The van der Waals surface area contributed by atoms with Gasteiger partial charge in [-0.15, -0.1) is 11.6 Å². The molecule has 16 heavy (non-hydrogen) atoms. The lowest BCUT2D eigenvalue weighted by molar-refractivity contribution is -0.129. The molecule has 94 valence electrons. The molecule has 0 radical (unpaired) electrons. The van der Waals surface area contributed by atoms with E-state index in [4.69, 9.17) is 11.6 Å². The number of hydrogen-bond donors (Lipinski definition) is 0. The highest BCUT2D eigenvalue weighted by Gasteiger charge is 2.36. The van der Waals surface area contributed by atoms with Crippen LogP contribution < -0.4 is 0 Å². The number of alkyl halides is 1. The van der Waals surface area contributed by atoms with Gasteiger partial charge in [-0.3, -0.25) is 4.79 Å². The normalized spacial score (nSPS) is 26.1. The second-order valence-electron chi connectivity index (χ2n) is 4.35. The molecule has 0 aromatic rings. The van der Waals surface area contributed by atoms with Crippen molar-refractivity contribution in [2.24, 2.45) is 0 Å². The lowest BCUT2D eigenvalue weighted by Gasteiger charge is -2.27. The number of nitrogens with zero attached hydrogens (tertiary/aromatic N) is 1. The summed E-state index contributed by atoms with van der Waals surface area (Å²) in [6.45, 7) is 2.16. The molecule has 1 fully saturated rings. The summed E-state index contributed by atoms with van der Waals surface area (Å²) in [4.78, 5) is 13.4. The Hall–Kier alpha value is -0.290. The van der Waals surface area contributed by atoms with Gasteiger partial charge in [0.05, 0.1) is 5.75 Å². The van der Waals surface area contributed by atoms with E-state index in [1.54, 1.807) is 14.0 Å². The van der Waals surface area contributed by atoms with Gasteiger partial charge in [0.25, 0.3) is 0 Å². The van der Waals surface area contributed by atoms with Crippen LogP contribution in [0.15, 0.2) is 0 Å². The van der Waals surface area contributed by atoms with E-state index in [1.165, 1.54) is 4.90 Å². The minimum atomic E-state index is -3.24. The van der Waals surface area contributed by atoms with Crippen molar-refractivity contribution in [3.8, 4) is 0 Å². The maximum atomic E-state index is 11.9. The third-order valence-corrected chi connectivity index (χ3v) is 5.06. The predicted molar refractivity (Wildman–Crippen MR) is 64.4 cm³/mol. The zero-order valence-corrected chi connectivity index (χ0v) is 11.2. The Bertz CT molecular complexity index is 353. The Labute approximate surface area is 102 Å². The van der Waals surface area contributed by atoms with Crippen LogP contribution in [0, 0.1) is 0 Å². The summed E-state index contributed by atoms with van der Waals surface area (Å²) in [5, 5.41) is -1.01. The minimum absolute atomic E-state index is 0.133. The summed E-state index contributed by atoms with van der Waals surface area (Å²) >= 11 is 5.78. The first-order valence-electron chi connectivity index (χ1n) is 5.45. The van der Waals surface area contributed by atoms with Crippen molar-refractivity contribution in [3.63, 3.8) is 0 Å². The highest BCUT2D eigenvalue weighted by molar-refractivity contribution is 7.92. The molecule has 1 heterocycles. The quantitative estimate of drug-likeness (QED) is 0.718. The van der Waals surface area contributed by atoms with Gasteiger partial charge < -0.3 is 4.90 Å². The zero-order chi connectivity index (χ0) is 12.3. The monoisotopic (exact) mass is 267 g/mol. The van der Waals surface area contributed by atoms with Gasteiger partial charge in [-0.1, -0.05) is 6.42 Å². The van der Waals surface area contributed by atoms with Crippen LogP contribution in [0.4, 0.5) is 0 Å². The van der Waals surface area contributed by atoms with Crippen molar-refractivity contribution in [1.82, 2.24) is 4.90 Å². The van der Waals surface area contributed by atoms with Crippen molar-refractivity contribution >= 4 is 27.3 Å². The molecular formula is C10H18ClNO3S. The molecular weight excluding hydrogens is 250 g/mol. The molecule has 1 saturated heterocycles. The Kier molecular flexibility index (Phi) is 4.62. The Morgan fingerprint density at radius 2 is 2.12 bits per heavy atom. The summed E-state index contributed by atoms with van der Waals surface area (Å²) in [5.41, 5.74) is 0. The molecule has 0 spiro atoms. The third-order valence-electron chi connectivity index (χ3n) is 2.76. The average molecular weight is 268 g/mol. The summed E-state index contributed by atoms with van der Waals surface area (Å²) in [6.07, 6.45) is 1.92. The molecule has 1 aliphatic rings. The Balaban J connectivity index is 2.72. The first-order valence-corrected chi connectivity index (χ1v) is 7.60. The third kappa shape index (κ3) is 3.35. The van der Waals surface area contributed by atoms with E-state index in [1.807, 2.05) is 0 Å². The molecule has 0 bridgehead atoms. The number of carbonyl (C=O) groups is 1. The molecule has 0 aromatic heterocycles. The number of amides is 1. The second kappa shape index (κ2) is 5.36. The molecule has 1 amide bonds. The highest BCUT2D eigenvalue weighted by Crippen LogP contribution is 2.21. The van der Waals surface area contributed by atoms with Gasteiger partial charge in [-0.05, 0) is 19.8 Å². The first-order chi connectivity index (χ1) is 7.34. The van der Waals surface area contributed by atoms with Gasteiger partial charge in [0.2, 0.25) is 5.91 Å². The largest absolute Gasteiger partial charge is 0.343 e. The highest BCUT2D eigenvalue weighted by atomic mass is 35.5. The number of rotatable bonds is 3. The van der Waals surface area contributed by atoms with E-state index in [9.17, 15) is 13.2 Å². The summed E-state index contributed by atoms with van der Waals surface area (Å²) < 4.78 is 23.5. The van der Waals surface area contributed by atoms with Crippen LogP contribution in [0.1, 0.15) is 26.2 Å². The van der Waals surface area contributed by atoms with E-state index in [0.717, 1.165) is 6.42 Å². The molecule has 0 N–H and O–H groups in total. The van der Waals surface area contributed by atoms with E-state index in [-0.39, 0.29) is 17.0 Å². The van der Waals surface area contributed by atoms with Crippen LogP contribution in [0.5, 0.6) is 0 Å². The molecule has 1 rings (SSSR count). The van der Waals surface area contributed by atoms with Crippen LogP contribution in [-0.4, -0.2) is 49.2 Å². The number of carbonyl (C=O) groups excluding carboxylic acids is 1. The molecule has 0 saturated carbocycles. The van der Waals surface area contributed by atoms with Gasteiger partial charge in [0, 0.05) is 19.0 Å². The Morgan fingerprint density at radius 1 is 1.50 bits per heavy atom. The van der Waals surface area contributed by atoms with Crippen LogP contribution in [0.3, 0.4) is 0 Å². The van der Waals surface area contributed by atoms with Gasteiger partial charge >= 0.3 is 0 Å². The van der Waals surface area contributed by atoms with Gasteiger partial charge in [0.1, 0.15) is 5.25 Å². The van der Waals surface area contributed by atoms with Crippen molar-refractivity contribution < 1.29 is 13.2 Å². The molecule has 1 aliphatic heterocycles. The first kappa shape index (κ1) is 13.8. The summed E-state index contributed by atoms with van der Waals surface area (Å²) in [5.74, 6) is -0.180. The fourth-order valence-corrected chi connectivity index (χ4v) is 4.06. The van der Waals surface area contributed by atoms with Gasteiger partial charge in [0.15, 0.2) is 9.84 Å². The molecule has 0 aliphatic carbocycles. The van der Waals surface area contributed by atoms with Crippen LogP contribution in [0.2, 0.25) is 0 Å². The maximum Gasteiger partial charge on any atom is 0.240 e. The average Bonchev–Trinajstić information content (AvgIpc) is 2.15.